The number of imidazole rings is 1. The van der Waals surface area contributed by atoms with Crippen LogP contribution in [-0.2, 0) is 47.3 Å². The number of halogens is 1. The fourth-order valence-electron chi connectivity index (χ4n) is 11.5. The molecule has 3 fully saturated rings. The number of amides is 3. The first-order valence-corrected chi connectivity index (χ1v) is 22.4. The number of aryl methyl sites for hydroxylation is 1. The summed E-state index contributed by atoms with van der Waals surface area (Å²) in [6.45, 7) is 4.50. The molecule has 15 heteroatoms. The van der Waals surface area contributed by atoms with Gasteiger partial charge in [0.05, 0.1) is 34.6 Å². The van der Waals surface area contributed by atoms with Gasteiger partial charge in [-0.2, -0.15) is 5.10 Å². The second kappa shape index (κ2) is 15.7. The third kappa shape index (κ3) is 7.13. The first-order valence-electron chi connectivity index (χ1n) is 22.0. The average molecular weight is 848 g/mol. The van der Waals surface area contributed by atoms with Gasteiger partial charge in [0.2, 0.25) is 5.91 Å². The number of hydrogen-bond acceptors (Lipinski definition) is 9. The highest BCUT2D eigenvalue weighted by atomic mass is 35.5. The second-order valence-corrected chi connectivity index (χ2v) is 18.7. The molecule has 2 bridgehead atoms. The van der Waals surface area contributed by atoms with Gasteiger partial charge in [-0.25, -0.2) is 4.98 Å². The van der Waals surface area contributed by atoms with Crippen molar-refractivity contribution < 1.29 is 23.9 Å². The molecule has 14 nitrogen and oxygen atoms in total. The van der Waals surface area contributed by atoms with Crippen LogP contribution in [0.1, 0.15) is 114 Å². The molecule has 2 aliphatic carbocycles. The quantitative estimate of drug-likeness (QED) is 0.155. The number of carbonyl (C=O) groups is 4. The summed E-state index contributed by atoms with van der Waals surface area (Å²) in [6, 6.07) is 13.7. The molecule has 1 unspecified atom stereocenters. The molecule has 61 heavy (non-hydrogen) atoms. The standard InChI is InChI=1S/C46H54ClN9O5/c1-53-37-14-21-54(23-19-45-15-17-46(27-45,18-16-45)44(60)61-2)26-35(37)50-41(53)42(58)51-33-8-3-7-31(40(33)47)29-6-4-10-36-30(29)13-22-55(36)43(59)34-24-38-32(9-5-20-56(38)52-34)48-25-28-11-12-39(57)49-28/h3-4,6-8,10,24,28,32,48H,5,9,11-23,25-27H2,1-2H3,(H,49,57)(H,51,58)/t28-,32?,45?,46?/m0/s1. The number of rotatable bonds is 11. The molecule has 3 amide bonds. The van der Waals surface area contributed by atoms with Gasteiger partial charge in [-0.15, -0.1) is 0 Å². The Morgan fingerprint density at radius 3 is 2.62 bits per heavy atom. The fraction of sp³-hybridized carbons (Fsp3) is 0.522. The molecule has 6 aliphatic rings. The third-order valence-electron chi connectivity index (χ3n) is 14.9. The highest BCUT2D eigenvalue weighted by molar-refractivity contribution is 6.36. The van der Waals surface area contributed by atoms with E-state index in [1.54, 1.807) is 6.07 Å². The van der Waals surface area contributed by atoms with Gasteiger partial charge in [-0.3, -0.25) is 28.8 Å². The number of fused-ring (bicyclic) bond motifs is 5. The number of hydrogen-bond donors (Lipinski definition) is 3. The molecule has 2 aromatic carbocycles. The molecule has 2 saturated carbocycles. The van der Waals surface area contributed by atoms with Crippen molar-refractivity contribution in [3.8, 4) is 11.1 Å². The lowest BCUT2D eigenvalue weighted by molar-refractivity contribution is -0.152. The molecule has 0 spiro atoms. The van der Waals surface area contributed by atoms with Crippen LogP contribution < -0.4 is 20.9 Å². The SMILES string of the molecule is COC(=O)C12CCC(CCN3CCc4c(nc(C(=O)Nc5cccc(-c6cccc7c6CCN7C(=O)c6cc7n(n6)CCCC7NC[C@@H]6CCC(=O)N6)c5Cl)n4C)C3)(CC1)C2. The molecular weight excluding hydrogens is 794 g/mol. The van der Waals surface area contributed by atoms with Crippen molar-refractivity contribution in [2.75, 3.05) is 43.5 Å². The van der Waals surface area contributed by atoms with Crippen molar-refractivity contribution in [2.24, 2.45) is 17.9 Å². The Hall–Kier alpha value is -5.05. The maximum atomic E-state index is 14.1. The van der Waals surface area contributed by atoms with E-state index in [2.05, 4.69) is 20.9 Å². The van der Waals surface area contributed by atoms with Gasteiger partial charge < -0.3 is 30.2 Å². The van der Waals surface area contributed by atoms with Gasteiger partial charge >= 0.3 is 5.97 Å². The normalized spacial score (nSPS) is 25.3. The number of benzene rings is 2. The van der Waals surface area contributed by atoms with E-state index in [4.69, 9.17) is 26.4 Å². The van der Waals surface area contributed by atoms with E-state index in [1.807, 2.05) is 57.6 Å². The maximum Gasteiger partial charge on any atom is 0.311 e. The smallest absolute Gasteiger partial charge is 0.311 e. The number of carbonyl (C=O) groups excluding carboxylic acids is 4. The summed E-state index contributed by atoms with van der Waals surface area (Å²) in [4.78, 5) is 61.4. The van der Waals surface area contributed by atoms with Crippen molar-refractivity contribution in [1.29, 1.82) is 0 Å². The van der Waals surface area contributed by atoms with Gasteiger partial charge in [0.15, 0.2) is 11.5 Å². The van der Waals surface area contributed by atoms with E-state index >= 15 is 0 Å². The highest BCUT2D eigenvalue weighted by Crippen LogP contribution is 2.63. The molecule has 4 aromatic rings. The van der Waals surface area contributed by atoms with E-state index in [-0.39, 0.29) is 46.6 Å². The van der Waals surface area contributed by atoms with Crippen LogP contribution in [-0.4, -0.2) is 87.3 Å². The molecule has 2 aromatic heterocycles. The molecule has 1 saturated heterocycles. The molecule has 320 valence electrons. The minimum atomic E-state index is -0.321. The summed E-state index contributed by atoms with van der Waals surface area (Å²) < 4.78 is 9.05. The van der Waals surface area contributed by atoms with Crippen molar-refractivity contribution in [1.82, 2.24) is 34.9 Å². The van der Waals surface area contributed by atoms with Crippen molar-refractivity contribution in [3.05, 3.63) is 81.7 Å². The molecule has 2 atom stereocenters. The highest BCUT2D eigenvalue weighted by Gasteiger charge is 2.58. The second-order valence-electron chi connectivity index (χ2n) is 18.3. The maximum absolute atomic E-state index is 14.1. The van der Waals surface area contributed by atoms with Gasteiger partial charge in [0, 0.05) is 81.6 Å². The van der Waals surface area contributed by atoms with Crippen LogP contribution in [0.4, 0.5) is 11.4 Å². The number of esters is 1. The summed E-state index contributed by atoms with van der Waals surface area (Å²) in [5.41, 5.74) is 7.41. The fourth-order valence-corrected chi connectivity index (χ4v) is 11.8. The molecule has 6 heterocycles. The van der Waals surface area contributed by atoms with Gasteiger partial charge in [0.25, 0.3) is 11.8 Å². The van der Waals surface area contributed by atoms with E-state index in [9.17, 15) is 19.2 Å². The van der Waals surface area contributed by atoms with Crippen LogP contribution in [0.25, 0.3) is 11.1 Å². The molecule has 0 radical (unpaired) electrons. The molecule has 4 aliphatic heterocycles. The Labute approximate surface area is 360 Å². The summed E-state index contributed by atoms with van der Waals surface area (Å²) in [6.07, 6.45) is 10.8. The lowest BCUT2D eigenvalue weighted by Gasteiger charge is -2.32. The van der Waals surface area contributed by atoms with E-state index in [0.29, 0.717) is 54.7 Å². The van der Waals surface area contributed by atoms with Gasteiger partial charge in [-0.05, 0) is 105 Å². The van der Waals surface area contributed by atoms with E-state index < -0.39 is 0 Å². The Kier molecular flexibility index (Phi) is 10.3. The number of aromatic nitrogens is 4. The van der Waals surface area contributed by atoms with Crippen LogP contribution in [0.2, 0.25) is 5.02 Å². The predicted octanol–water partition coefficient (Wildman–Crippen LogP) is 5.97. The van der Waals surface area contributed by atoms with Crippen LogP contribution in [0, 0.1) is 10.8 Å². The lowest BCUT2D eigenvalue weighted by atomic mass is 9.80. The molecular formula is C46H54ClN9O5. The van der Waals surface area contributed by atoms with Gasteiger partial charge in [-0.1, -0.05) is 35.9 Å². The molecule has 3 N–H and O–H groups in total. The zero-order valence-electron chi connectivity index (χ0n) is 35.0. The van der Waals surface area contributed by atoms with Crippen molar-refractivity contribution in [2.45, 2.75) is 102 Å². The first-order chi connectivity index (χ1) is 29.5. The lowest BCUT2D eigenvalue weighted by Crippen LogP contribution is -2.38. The van der Waals surface area contributed by atoms with Gasteiger partial charge in [0.1, 0.15) is 0 Å². The van der Waals surface area contributed by atoms with E-state index in [1.165, 1.54) is 7.11 Å². The monoisotopic (exact) mass is 847 g/mol. The molecule has 10 rings (SSSR count). The summed E-state index contributed by atoms with van der Waals surface area (Å²) in [7, 11) is 3.41. The summed E-state index contributed by atoms with van der Waals surface area (Å²) in [5, 5.41) is 14.9. The van der Waals surface area contributed by atoms with Crippen molar-refractivity contribution >= 4 is 46.7 Å². The topological polar surface area (TPSA) is 156 Å². The number of nitrogens with one attached hydrogen (secondary N) is 3. The number of ether oxygens (including phenoxy) is 1. The Morgan fingerprint density at radius 2 is 1.82 bits per heavy atom. The first kappa shape index (κ1) is 40.0. The number of methoxy groups -OCH3 is 1. The van der Waals surface area contributed by atoms with E-state index in [0.717, 1.165) is 123 Å². The van der Waals surface area contributed by atoms with Crippen molar-refractivity contribution in [3.63, 3.8) is 0 Å². The summed E-state index contributed by atoms with van der Waals surface area (Å²) in [5.74, 6) is -0.0423. The zero-order chi connectivity index (χ0) is 42.0. The average Bonchev–Trinajstić information content (AvgIpc) is 4.14. The Balaban J connectivity index is 0.808. The third-order valence-corrected chi connectivity index (χ3v) is 15.3. The predicted molar refractivity (Wildman–Crippen MR) is 230 cm³/mol. The Bertz CT molecular complexity index is 2430. The van der Waals surface area contributed by atoms with Crippen LogP contribution in [0.3, 0.4) is 0 Å². The number of anilines is 2. The minimum absolute atomic E-state index is 0.0350. The van der Waals surface area contributed by atoms with Crippen LogP contribution in [0.15, 0.2) is 42.5 Å². The van der Waals surface area contributed by atoms with Crippen LogP contribution >= 0.6 is 11.6 Å². The largest absolute Gasteiger partial charge is 0.469 e. The summed E-state index contributed by atoms with van der Waals surface area (Å²) >= 11 is 7.13. The number of nitrogens with zero attached hydrogens (tertiary/aromatic N) is 6. The Morgan fingerprint density at radius 1 is 1.00 bits per heavy atom. The zero-order valence-corrected chi connectivity index (χ0v) is 35.8. The van der Waals surface area contributed by atoms with Crippen LogP contribution in [0.5, 0.6) is 0 Å². The minimum Gasteiger partial charge on any atom is -0.469 e.